The molecule has 0 aliphatic carbocycles. The Hall–Kier alpha value is -1.37. The zero-order valence-electron chi connectivity index (χ0n) is 11.9. The molecule has 110 valence electrons. The number of hydrogen-bond acceptors (Lipinski definition) is 3. The molecule has 1 aromatic heterocycles. The third kappa shape index (κ3) is 2.87. The van der Waals surface area contributed by atoms with E-state index in [1.165, 1.54) is 0 Å². The predicted octanol–water partition coefficient (Wildman–Crippen LogP) is 1.21. The maximum absolute atomic E-state index is 12.3. The van der Waals surface area contributed by atoms with Crippen molar-refractivity contribution in [2.75, 3.05) is 6.54 Å². The number of aryl methyl sites for hydroxylation is 2. The Labute approximate surface area is 126 Å². The third-order valence-corrected chi connectivity index (χ3v) is 4.49. The summed E-state index contributed by atoms with van der Waals surface area (Å²) in [4.78, 5) is 25.5. The topological polar surface area (TPSA) is 67.2 Å². The van der Waals surface area contributed by atoms with Crippen LogP contribution in [0.1, 0.15) is 31.7 Å². The minimum Gasteiger partial charge on any atom is -0.345 e. The van der Waals surface area contributed by atoms with Crippen molar-refractivity contribution in [2.45, 2.75) is 46.3 Å². The van der Waals surface area contributed by atoms with Crippen LogP contribution in [0.25, 0.3) is 0 Å². The smallest absolute Gasteiger partial charge is 0.245 e. The van der Waals surface area contributed by atoms with Crippen molar-refractivity contribution in [3.63, 3.8) is 0 Å². The lowest BCUT2D eigenvalue weighted by Gasteiger charge is -2.22. The SMILES string of the molecule is CCn1nc(C)c(Br)c1CN1CCC(=O)NC(C)C1=O. The van der Waals surface area contributed by atoms with Gasteiger partial charge in [-0.25, -0.2) is 0 Å². The van der Waals surface area contributed by atoms with Crippen molar-refractivity contribution < 1.29 is 9.59 Å². The van der Waals surface area contributed by atoms with Crippen molar-refractivity contribution in [3.8, 4) is 0 Å². The van der Waals surface area contributed by atoms with Gasteiger partial charge in [-0.2, -0.15) is 5.10 Å². The maximum atomic E-state index is 12.3. The fourth-order valence-corrected chi connectivity index (χ4v) is 2.76. The molecule has 0 radical (unpaired) electrons. The number of aromatic nitrogens is 2. The summed E-state index contributed by atoms with van der Waals surface area (Å²) in [6.07, 6.45) is 0.340. The monoisotopic (exact) mass is 342 g/mol. The molecule has 1 aliphatic rings. The van der Waals surface area contributed by atoms with Crippen LogP contribution in [0, 0.1) is 6.92 Å². The van der Waals surface area contributed by atoms with Gasteiger partial charge in [0.2, 0.25) is 11.8 Å². The second-order valence-electron chi connectivity index (χ2n) is 4.96. The molecule has 0 spiro atoms. The van der Waals surface area contributed by atoms with E-state index in [2.05, 4.69) is 26.3 Å². The fraction of sp³-hybridized carbons (Fsp3) is 0.615. The van der Waals surface area contributed by atoms with E-state index in [0.29, 0.717) is 19.5 Å². The van der Waals surface area contributed by atoms with E-state index in [9.17, 15) is 9.59 Å². The van der Waals surface area contributed by atoms with E-state index in [-0.39, 0.29) is 11.8 Å². The van der Waals surface area contributed by atoms with Crippen molar-refractivity contribution in [3.05, 3.63) is 15.9 Å². The van der Waals surface area contributed by atoms with Gasteiger partial charge >= 0.3 is 0 Å². The van der Waals surface area contributed by atoms with E-state index in [1.54, 1.807) is 11.8 Å². The largest absolute Gasteiger partial charge is 0.345 e. The van der Waals surface area contributed by atoms with Crippen LogP contribution in [0.4, 0.5) is 0 Å². The number of nitrogens with one attached hydrogen (secondary N) is 1. The van der Waals surface area contributed by atoms with Gasteiger partial charge < -0.3 is 10.2 Å². The molecule has 1 unspecified atom stereocenters. The van der Waals surface area contributed by atoms with Crippen LogP contribution >= 0.6 is 15.9 Å². The molecular formula is C13H19BrN4O2. The van der Waals surface area contributed by atoms with Crippen LogP contribution < -0.4 is 5.32 Å². The number of hydrogen-bond donors (Lipinski definition) is 1. The highest BCUT2D eigenvalue weighted by Crippen LogP contribution is 2.23. The molecule has 0 bridgehead atoms. The van der Waals surface area contributed by atoms with Crippen LogP contribution in [0.3, 0.4) is 0 Å². The Bertz CT molecular complexity index is 541. The van der Waals surface area contributed by atoms with Crippen molar-refractivity contribution in [2.24, 2.45) is 0 Å². The van der Waals surface area contributed by atoms with E-state index in [1.807, 2.05) is 18.5 Å². The summed E-state index contributed by atoms with van der Waals surface area (Å²) >= 11 is 3.53. The first kappa shape index (κ1) is 15.0. The average Bonchev–Trinajstić information content (AvgIpc) is 2.62. The maximum Gasteiger partial charge on any atom is 0.245 e. The van der Waals surface area contributed by atoms with Gasteiger partial charge in [0.05, 0.1) is 22.4 Å². The first-order valence-electron chi connectivity index (χ1n) is 6.74. The summed E-state index contributed by atoms with van der Waals surface area (Å²) < 4.78 is 2.82. The van der Waals surface area contributed by atoms with Crippen molar-refractivity contribution in [1.82, 2.24) is 20.0 Å². The van der Waals surface area contributed by atoms with E-state index >= 15 is 0 Å². The van der Waals surface area contributed by atoms with Gasteiger partial charge in [-0.15, -0.1) is 0 Å². The minimum absolute atomic E-state index is 0.0516. The van der Waals surface area contributed by atoms with Crippen LogP contribution in [0.5, 0.6) is 0 Å². The standard InChI is InChI=1S/C13H19BrN4O2/c1-4-18-10(12(14)8(2)16-18)7-17-6-5-11(19)15-9(3)13(17)20/h9H,4-7H2,1-3H3,(H,15,19). The van der Waals surface area contributed by atoms with Crippen molar-refractivity contribution in [1.29, 1.82) is 0 Å². The second-order valence-corrected chi connectivity index (χ2v) is 5.75. The quantitative estimate of drug-likeness (QED) is 0.897. The molecule has 2 rings (SSSR count). The van der Waals surface area contributed by atoms with Gasteiger partial charge in [0.1, 0.15) is 6.04 Å². The minimum atomic E-state index is -0.470. The molecule has 1 N–H and O–H groups in total. The summed E-state index contributed by atoms with van der Waals surface area (Å²) in [5.41, 5.74) is 1.88. The first-order valence-corrected chi connectivity index (χ1v) is 7.53. The zero-order chi connectivity index (χ0) is 14.9. The van der Waals surface area contributed by atoms with Gasteiger partial charge in [0, 0.05) is 19.5 Å². The molecule has 1 saturated heterocycles. The Kier molecular flexibility index (Phi) is 4.47. The second kappa shape index (κ2) is 5.95. The average molecular weight is 343 g/mol. The zero-order valence-corrected chi connectivity index (χ0v) is 13.5. The molecule has 20 heavy (non-hydrogen) atoms. The van der Waals surface area contributed by atoms with Gasteiger partial charge in [0.25, 0.3) is 0 Å². The molecule has 2 amide bonds. The third-order valence-electron chi connectivity index (χ3n) is 3.46. The molecule has 2 heterocycles. The highest BCUT2D eigenvalue weighted by molar-refractivity contribution is 9.10. The van der Waals surface area contributed by atoms with Crippen LogP contribution in [-0.4, -0.2) is 39.1 Å². The predicted molar refractivity (Wildman–Crippen MR) is 78.0 cm³/mol. The fourth-order valence-electron chi connectivity index (χ4n) is 2.35. The molecule has 1 aliphatic heterocycles. The number of halogens is 1. The number of carbonyl (C=O) groups excluding carboxylic acids is 2. The van der Waals surface area contributed by atoms with Gasteiger partial charge in [-0.05, 0) is 36.7 Å². The van der Waals surface area contributed by atoms with Gasteiger partial charge in [0.15, 0.2) is 0 Å². The van der Waals surface area contributed by atoms with Crippen LogP contribution in [-0.2, 0) is 22.7 Å². The molecule has 1 fully saturated rings. The highest BCUT2D eigenvalue weighted by Gasteiger charge is 2.28. The molecule has 1 atom stereocenters. The Morgan fingerprint density at radius 3 is 2.80 bits per heavy atom. The molecule has 0 aromatic carbocycles. The van der Waals surface area contributed by atoms with Crippen LogP contribution in [0.2, 0.25) is 0 Å². The molecular weight excluding hydrogens is 324 g/mol. The lowest BCUT2D eigenvalue weighted by Crippen LogP contribution is -2.42. The van der Waals surface area contributed by atoms with E-state index in [0.717, 1.165) is 22.4 Å². The highest BCUT2D eigenvalue weighted by atomic mass is 79.9. The van der Waals surface area contributed by atoms with Crippen LogP contribution in [0.15, 0.2) is 4.47 Å². The molecule has 6 nitrogen and oxygen atoms in total. The number of nitrogens with zero attached hydrogens (tertiary/aromatic N) is 3. The van der Waals surface area contributed by atoms with E-state index in [4.69, 9.17) is 0 Å². The van der Waals surface area contributed by atoms with Crippen molar-refractivity contribution >= 4 is 27.7 Å². The normalized spacial score (nSPS) is 20.0. The summed E-state index contributed by atoms with van der Waals surface area (Å²) in [6, 6.07) is -0.470. The Morgan fingerprint density at radius 2 is 2.15 bits per heavy atom. The van der Waals surface area contributed by atoms with E-state index < -0.39 is 6.04 Å². The first-order chi connectivity index (χ1) is 9.43. The number of rotatable bonds is 3. The molecule has 0 saturated carbocycles. The van der Waals surface area contributed by atoms with Gasteiger partial charge in [-0.1, -0.05) is 0 Å². The Balaban J connectivity index is 2.24. The Morgan fingerprint density at radius 1 is 1.45 bits per heavy atom. The molecule has 1 aromatic rings. The van der Waals surface area contributed by atoms with Gasteiger partial charge in [-0.3, -0.25) is 14.3 Å². The number of amides is 2. The lowest BCUT2D eigenvalue weighted by atomic mass is 10.2. The summed E-state index contributed by atoms with van der Waals surface area (Å²) in [5, 5.41) is 7.12. The summed E-state index contributed by atoms with van der Waals surface area (Å²) in [7, 11) is 0. The number of carbonyl (C=O) groups is 2. The summed E-state index contributed by atoms with van der Waals surface area (Å²) in [6.45, 7) is 7.31. The molecule has 7 heteroatoms. The summed E-state index contributed by atoms with van der Waals surface area (Å²) in [5.74, 6) is -0.128. The lowest BCUT2D eigenvalue weighted by molar-refractivity contribution is -0.133.